The molecule has 0 fully saturated rings. The molecule has 1 N–H and O–H groups in total. The number of nitrogens with one attached hydrogen (secondary N) is 1. The summed E-state index contributed by atoms with van der Waals surface area (Å²) >= 11 is 1.61. The van der Waals surface area contributed by atoms with E-state index in [9.17, 15) is 9.59 Å². The summed E-state index contributed by atoms with van der Waals surface area (Å²) in [5, 5.41) is 4.91. The Bertz CT molecular complexity index is 1050. The predicted octanol–water partition coefficient (Wildman–Crippen LogP) is 3.39. The fourth-order valence-electron chi connectivity index (χ4n) is 2.41. The predicted molar refractivity (Wildman–Crippen MR) is 102 cm³/mol. The first kappa shape index (κ1) is 17.9. The highest BCUT2D eigenvalue weighted by Gasteiger charge is 2.07. The third kappa shape index (κ3) is 4.18. The summed E-state index contributed by atoms with van der Waals surface area (Å²) in [6.07, 6.45) is 0. The Morgan fingerprint density at radius 1 is 1.23 bits per heavy atom. The Morgan fingerprint density at radius 3 is 2.77 bits per heavy atom. The van der Waals surface area contributed by atoms with Crippen molar-refractivity contribution in [2.45, 2.75) is 20.8 Å². The standard InChI is InChI=1S/C19H18N2O4S/c1-11-8-19(23)25-16-9-14(5-6-15(11)16)24-10-18(22)21-20-13(3)17-7-4-12(2)26-17/h4-9H,10H2,1-3H3,(H,21,22)/b20-13-. The van der Waals surface area contributed by atoms with Crippen molar-refractivity contribution in [1.29, 1.82) is 0 Å². The second-order valence-corrected chi connectivity index (χ2v) is 7.13. The SMILES string of the molecule is C/C(=N/NC(=O)COc1ccc2c(C)cc(=O)oc2c1)c1ccc(C)s1. The van der Waals surface area contributed by atoms with Gasteiger partial charge in [-0.2, -0.15) is 5.10 Å². The number of hydrogen-bond acceptors (Lipinski definition) is 6. The Kier molecular flexibility index (Phi) is 5.18. The van der Waals surface area contributed by atoms with Crippen molar-refractivity contribution in [3.8, 4) is 5.75 Å². The van der Waals surface area contributed by atoms with Crippen LogP contribution < -0.4 is 15.8 Å². The van der Waals surface area contributed by atoms with Crippen LogP contribution in [0, 0.1) is 13.8 Å². The second-order valence-electron chi connectivity index (χ2n) is 5.84. The van der Waals surface area contributed by atoms with Crippen LogP contribution in [0.1, 0.15) is 22.2 Å². The zero-order valence-corrected chi connectivity index (χ0v) is 15.5. The van der Waals surface area contributed by atoms with Crippen molar-refractivity contribution in [2.75, 3.05) is 6.61 Å². The number of benzene rings is 1. The van der Waals surface area contributed by atoms with Gasteiger partial charge in [0.2, 0.25) is 0 Å². The van der Waals surface area contributed by atoms with Gasteiger partial charge < -0.3 is 9.15 Å². The number of aryl methyl sites for hydroxylation is 2. The van der Waals surface area contributed by atoms with Gasteiger partial charge in [-0.05, 0) is 50.6 Å². The molecule has 0 unspecified atom stereocenters. The number of amides is 1. The van der Waals surface area contributed by atoms with Crippen molar-refractivity contribution < 1.29 is 13.9 Å². The third-order valence-corrected chi connectivity index (χ3v) is 4.85. The lowest BCUT2D eigenvalue weighted by atomic mass is 10.1. The smallest absolute Gasteiger partial charge is 0.336 e. The number of fused-ring (bicyclic) bond motifs is 1. The number of carbonyl (C=O) groups excluding carboxylic acids is 1. The number of rotatable bonds is 5. The van der Waals surface area contributed by atoms with Crippen LogP contribution >= 0.6 is 11.3 Å². The topological polar surface area (TPSA) is 80.9 Å². The lowest BCUT2D eigenvalue weighted by molar-refractivity contribution is -0.123. The van der Waals surface area contributed by atoms with E-state index in [2.05, 4.69) is 10.5 Å². The molecule has 3 aromatic rings. The average Bonchev–Trinajstić information content (AvgIpc) is 3.04. The van der Waals surface area contributed by atoms with Gasteiger partial charge in [0.1, 0.15) is 11.3 Å². The molecule has 0 spiro atoms. The van der Waals surface area contributed by atoms with Gasteiger partial charge in [0, 0.05) is 22.4 Å². The van der Waals surface area contributed by atoms with E-state index in [4.69, 9.17) is 9.15 Å². The highest BCUT2D eigenvalue weighted by molar-refractivity contribution is 7.14. The lowest BCUT2D eigenvalue weighted by Gasteiger charge is -2.07. The molecule has 1 aromatic carbocycles. The van der Waals surface area contributed by atoms with Crippen molar-refractivity contribution >= 4 is 33.9 Å². The van der Waals surface area contributed by atoms with Crippen LogP contribution in [0.15, 0.2) is 50.7 Å². The molecule has 0 atom stereocenters. The normalized spacial score (nSPS) is 11.6. The van der Waals surface area contributed by atoms with Crippen LogP contribution in [0.4, 0.5) is 0 Å². The molecule has 0 aliphatic rings. The van der Waals surface area contributed by atoms with E-state index in [1.165, 1.54) is 10.9 Å². The molecule has 3 rings (SSSR count). The summed E-state index contributed by atoms with van der Waals surface area (Å²) in [5.41, 5.74) is 4.04. The summed E-state index contributed by atoms with van der Waals surface area (Å²) in [4.78, 5) is 25.6. The molecule has 0 saturated carbocycles. The maximum absolute atomic E-state index is 11.9. The molecule has 7 heteroatoms. The molecule has 0 radical (unpaired) electrons. The number of ether oxygens (including phenoxy) is 1. The quantitative estimate of drug-likeness (QED) is 0.424. The fraction of sp³-hybridized carbons (Fsp3) is 0.211. The van der Waals surface area contributed by atoms with E-state index < -0.39 is 5.63 Å². The molecule has 2 aromatic heterocycles. The molecule has 2 heterocycles. The molecule has 0 bridgehead atoms. The first-order valence-electron chi connectivity index (χ1n) is 7.99. The molecule has 0 aliphatic carbocycles. The largest absolute Gasteiger partial charge is 0.484 e. The van der Waals surface area contributed by atoms with Gasteiger partial charge in [0.15, 0.2) is 6.61 Å². The van der Waals surface area contributed by atoms with E-state index in [-0.39, 0.29) is 12.5 Å². The summed E-state index contributed by atoms with van der Waals surface area (Å²) in [7, 11) is 0. The first-order chi connectivity index (χ1) is 12.4. The van der Waals surface area contributed by atoms with Gasteiger partial charge >= 0.3 is 5.63 Å². The van der Waals surface area contributed by atoms with E-state index in [1.54, 1.807) is 29.5 Å². The maximum Gasteiger partial charge on any atom is 0.336 e. The molecular formula is C19H18N2O4S. The Hall–Kier alpha value is -2.93. The Labute approximate surface area is 154 Å². The van der Waals surface area contributed by atoms with Crippen LogP contribution in [0.2, 0.25) is 0 Å². The van der Waals surface area contributed by atoms with E-state index in [0.717, 1.165) is 21.5 Å². The minimum atomic E-state index is -0.418. The number of thiophene rings is 1. The van der Waals surface area contributed by atoms with Gasteiger partial charge in [-0.25, -0.2) is 10.2 Å². The number of carbonyl (C=O) groups is 1. The summed E-state index contributed by atoms with van der Waals surface area (Å²) in [6.45, 7) is 5.49. The fourth-order valence-corrected chi connectivity index (χ4v) is 3.22. The first-order valence-corrected chi connectivity index (χ1v) is 8.81. The van der Waals surface area contributed by atoms with Crippen molar-refractivity contribution in [2.24, 2.45) is 5.10 Å². The molecule has 134 valence electrons. The van der Waals surface area contributed by atoms with Crippen molar-refractivity contribution in [1.82, 2.24) is 5.43 Å². The molecule has 1 amide bonds. The highest BCUT2D eigenvalue weighted by atomic mass is 32.1. The van der Waals surface area contributed by atoms with Gasteiger partial charge in [0.25, 0.3) is 5.91 Å². The summed E-state index contributed by atoms with van der Waals surface area (Å²) in [6, 6.07) is 10.5. The van der Waals surface area contributed by atoms with Gasteiger partial charge in [0.05, 0.1) is 10.6 Å². The van der Waals surface area contributed by atoms with Gasteiger partial charge in [-0.3, -0.25) is 4.79 Å². The summed E-state index contributed by atoms with van der Waals surface area (Å²) in [5.74, 6) is 0.0689. The average molecular weight is 370 g/mol. The highest BCUT2D eigenvalue weighted by Crippen LogP contribution is 2.22. The second kappa shape index (κ2) is 7.53. The Balaban J connectivity index is 1.62. The molecule has 0 saturated heterocycles. The molecule has 0 aliphatic heterocycles. The lowest BCUT2D eigenvalue weighted by Crippen LogP contribution is -2.25. The maximum atomic E-state index is 11.9. The zero-order valence-electron chi connectivity index (χ0n) is 14.7. The van der Waals surface area contributed by atoms with Gasteiger partial charge in [-0.15, -0.1) is 11.3 Å². The van der Waals surface area contributed by atoms with E-state index >= 15 is 0 Å². The Morgan fingerprint density at radius 2 is 2.04 bits per heavy atom. The molecule has 6 nitrogen and oxygen atoms in total. The monoisotopic (exact) mass is 370 g/mol. The number of hydrogen-bond donors (Lipinski definition) is 1. The van der Waals surface area contributed by atoms with Crippen LogP contribution in [-0.4, -0.2) is 18.2 Å². The minimum absolute atomic E-state index is 0.193. The van der Waals surface area contributed by atoms with E-state index in [0.29, 0.717) is 11.3 Å². The zero-order chi connectivity index (χ0) is 18.7. The third-order valence-electron chi connectivity index (χ3n) is 3.74. The van der Waals surface area contributed by atoms with Crippen LogP contribution in [0.3, 0.4) is 0 Å². The van der Waals surface area contributed by atoms with Gasteiger partial charge in [-0.1, -0.05) is 0 Å². The minimum Gasteiger partial charge on any atom is -0.484 e. The van der Waals surface area contributed by atoms with Crippen LogP contribution in [0.25, 0.3) is 11.0 Å². The number of nitrogens with zero attached hydrogens (tertiary/aromatic N) is 1. The van der Waals surface area contributed by atoms with Crippen LogP contribution in [-0.2, 0) is 4.79 Å². The van der Waals surface area contributed by atoms with Crippen molar-refractivity contribution in [3.05, 3.63) is 62.1 Å². The van der Waals surface area contributed by atoms with Crippen molar-refractivity contribution in [3.63, 3.8) is 0 Å². The van der Waals surface area contributed by atoms with Crippen LogP contribution in [0.5, 0.6) is 5.75 Å². The van der Waals surface area contributed by atoms with E-state index in [1.807, 2.05) is 32.9 Å². The number of hydrazone groups is 1. The summed E-state index contributed by atoms with van der Waals surface area (Å²) < 4.78 is 10.6. The molecule has 26 heavy (non-hydrogen) atoms. The molecular weight excluding hydrogens is 352 g/mol.